The van der Waals surface area contributed by atoms with Gasteiger partial charge in [-0.2, -0.15) is 0 Å². The van der Waals surface area contributed by atoms with E-state index in [-0.39, 0.29) is 11.9 Å². The number of carbonyl (C=O) groups is 1. The van der Waals surface area contributed by atoms with Gasteiger partial charge < -0.3 is 9.64 Å². The summed E-state index contributed by atoms with van der Waals surface area (Å²) in [7, 11) is 1.85. The highest BCUT2D eigenvalue weighted by Crippen LogP contribution is 2.35. The highest BCUT2D eigenvalue weighted by atomic mass is 35.5. The van der Waals surface area contributed by atoms with Crippen LogP contribution < -0.4 is 4.74 Å². The molecule has 0 saturated heterocycles. The molecule has 0 aliphatic heterocycles. The molecule has 0 bridgehead atoms. The summed E-state index contributed by atoms with van der Waals surface area (Å²) in [6.45, 7) is 3.86. The van der Waals surface area contributed by atoms with Crippen LogP contribution in [0.25, 0.3) is 0 Å². The van der Waals surface area contributed by atoms with Crippen LogP contribution in [-0.4, -0.2) is 30.0 Å². The quantitative estimate of drug-likeness (QED) is 0.828. The maximum absolute atomic E-state index is 12.3. The Kier molecular flexibility index (Phi) is 4.35. The molecule has 1 amide bonds. The van der Waals surface area contributed by atoms with Crippen LogP contribution in [0.3, 0.4) is 0 Å². The van der Waals surface area contributed by atoms with Crippen LogP contribution in [0.1, 0.15) is 26.7 Å². The van der Waals surface area contributed by atoms with Crippen molar-refractivity contribution in [2.75, 3.05) is 7.05 Å². The molecule has 104 valence electrons. The first-order valence-electron chi connectivity index (χ1n) is 6.68. The number of ether oxygens (including phenoxy) is 1. The van der Waals surface area contributed by atoms with E-state index in [1.807, 2.05) is 19.2 Å². The average molecular weight is 282 g/mol. The van der Waals surface area contributed by atoms with E-state index in [4.69, 9.17) is 16.3 Å². The maximum Gasteiger partial charge on any atom is 0.263 e. The molecule has 0 N–H and O–H groups in total. The highest BCUT2D eigenvalue weighted by molar-refractivity contribution is 6.32. The molecule has 0 spiro atoms. The molecule has 2 atom stereocenters. The van der Waals surface area contributed by atoms with E-state index in [2.05, 4.69) is 6.92 Å². The second kappa shape index (κ2) is 5.83. The Morgan fingerprint density at radius 3 is 2.58 bits per heavy atom. The van der Waals surface area contributed by atoms with Crippen LogP contribution in [-0.2, 0) is 4.79 Å². The van der Waals surface area contributed by atoms with Gasteiger partial charge in [-0.05, 0) is 44.7 Å². The number of para-hydroxylation sites is 1. The fraction of sp³-hybridized carbons (Fsp3) is 0.533. The molecule has 0 radical (unpaired) electrons. The Bertz CT molecular complexity index is 459. The van der Waals surface area contributed by atoms with Crippen LogP contribution in [0.5, 0.6) is 5.75 Å². The number of hydrogen-bond donors (Lipinski definition) is 0. The van der Waals surface area contributed by atoms with Crippen molar-refractivity contribution in [1.29, 1.82) is 0 Å². The van der Waals surface area contributed by atoms with Crippen molar-refractivity contribution in [3.63, 3.8) is 0 Å². The average Bonchev–Trinajstić information content (AvgIpc) is 3.23. The molecule has 1 aliphatic carbocycles. The van der Waals surface area contributed by atoms with Crippen LogP contribution >= 0.6 is 11.6 Å². The second-order valence-corrected chi connectivity index (χ2v) is 5.62. The van der Waals surface area contributed by atoms with Gasteiger partial charge >= 0.3 is 0 Å². The van der Waals surface area contributed by atoms with Gasteiger partial charge in [0.25, 0.3) is 5.91 Å². The molecule has 3 nitrogen and oxygen atoms in total. The molecule has 2 rings (SSSR count). The minimum atomic E-state index is -0.522. The normalized spacial score (nSPS) is 17.7. The summed E-state index contributed by atoms with van der Waals surface area (Å²) < 4.78 is 5.66. The van der Waals surface area contributed by atoms with Gasteiger partial charge in [0.1, 0.15) is 5.75 Å². The number of amides is 1. The summed E-state index contributed by atoms with van der Waals surface area (Å²) in [5, 5.41) is 0.528. The fourth-order valence-electron chi connectivity index (χ4n) is 2.16. The molecule has 19 heavy (non-hydrogen) atoms. The van der Waals surface area contributed by atoms with E-state index in [1.165, 1.54) is 12.8 Å². The van der Waals surface area contributed by atoms with Crippen molar-refractivity contribution < 1.29 is 9.53 Å². The summed E-state index contributed by atoms with van der Waals surface area (Å²) in [5.74, 6) is 1.21. The van der Waals surface area contributed by atoms with Crippen molar-refractivity contribution in [2.45, 2.75) is 38.8 Å². The molecule has 1 aliphatic rings. The minimum Gasteiger partial charge on any atom is -0.479 e. The van der Waals surface area contributed by atoms with E-state index in [9.17, 15) is 4.79 Å². The lowest BCUT2D eigenvalue weighted by molar-refractivity contribution is -0.138. The van der Waals surface area contributed by atoms with E-state index >= 15 is 0 Å². The fourth-order valence-corrected chi connectivity index (χ4v) is 2.34. The van der Waals surface area contributed by atoms with Gasteiger partial charge in [0.05, 0.1) is 5.02 Å². The molecule has 1 fully saturated rings. The first-order chi connectivity index (χ1) is 9.00. The Hall–Kier alpha value is -1.22. The van der Waals surface area contributed by atoms with Crippen LogP contribution in [0.2, 0.25) is 5.02 Å². The first kappa shape index (κ1) is 14.2. The summed E-state index contributed by atoms with van der Waals surface area (Å²) in [5.41, 5.74) is 0. The molecular formula is C15H20ClNO2. The number of nitrogens with zero attached hydrogens (tertiary/aromatic N) is 1. The van der Waals surface area contributed by atoms with Crippen LogP contribution in [0.4, 0.5) is 0 Å². The van der Waals surface area contributed by atoms with Gasteiger partial charge in [-0.25, -0.2) is 0 Å². The zero-order chi connectivity index (χ0) is 14.0. The van der Waals surface area contributed by atoms with E-state index in [1.54, 1.807) is 24.0 Å². The highest BCUT2D eigenvalue weighted by Gasteiger charge is 2.34. The number of hydrogen-bond acceptors (Lipinski definition) is 2. The second-order valence-electron chi connectivity index (χ2n) is 5.22. The summed E-state index contributed by atoms with van der Waals surface area (Å²) in [6, 6.07) is 7.49. The standard InChI is InChI=1S/C15H20ClNO2/c1-10(12-8-9-12)17(3)15(18)11(2)19-14-7-5-4-6-13(14)16/h4-7,10-12H,8-9H2,1-3H3. The van der Waals surface area contributed by atoms with Gasteiger partial charge in [0, 0.05) is 13.1 Å². The number of halogens is 1. The van der Waals surface area contributed by atoms with Crippen molar-refractivity contribution >= 4 is 17.5 Å². The Labute approximate surface area is 119 Å². The van der Waals surface area contributed by atoms with Gasteiger partial charge in [-0.1, -0.05) is 23.7 Å². The molecule has 0 heterocycles. The molecule has 1 saturated carbocycles. The third-order valence-corrected chi connectivity index (χ3v) is 4.06. The first-order valence-corrected chi connectivity index (χ1v) is 7.06. The number of rotatable bonds is 5. The van der Waals surface area contributed by atoms with E-state index < -0.39 is 6.10 Å². The maximum atomic E-state index is 12.3. The van der Waals surface area contributed by atoms with Gasteiger partial charge in [-0.15, -0.1) is 0 Å². The molecular weight excluding hydrogens is 262 g/mol. The van der Waals surface area contributed by atoms with E-state index in [0.717, 1.165) is 0 Å². The zero-order valence-corrected chi connectivity index (χ0v) is 12.4. The van der Waals surface area contributed by atoms with E-state index in [0.29, 0.717) is 16.7 Å². The van der Waals surface area contributed by atoms with Gasteiger partial charge in [0.2, 0.25) is 0 Å². The summed E-state index contributed by atoms with van der Waals surface area (Å²) in [4.78, 5) is 14.1. The third kappa shape index (κ3) is 3.41. The zero-order valence-electron chi connectivity index (χ0n) is 11.6. The Morgan fingerprint density at radius 1 is 1.37 bits per heavy atom. The largest absolute Gasteiger partial charge is 0.479 e. The molecule has 1 aromatic rings. The molecule has 4 heteroatoms. The topological polar surface area (TPSA) is 29.5 Å². The summed E-state index contributed by atoms with van der Waals surface area (Å²) in [6.07, 6.45) is 1.92. The van der Waals surface area contributed by atoms with Crippen LogP contribution in [0.15, 0.2) is 24.3 Å². The smallest absolute Gasteiger partial charge is 0.263 e. The van der Waals surface area contributed by atoms with Crippen molar-refractivity contribution in [3.05, 3.63) is 29.3 Å². The Balaban J connectivity index is 1.97. The van der Waals surface area contributed by atoms with Crippen molar-refractivity contribution in [1.82, 2.24) is 4.90 Å². The predicted octanol–water partition coefficient (Wildman–Crippen LogP) is 3.36. The summed E-state index contributed by atoms with van der Waals surface area (Å²) >= 11 is 6.03. The van der Waals surface area contributed by atoms with Crippen LogP contribution in [0, 0.1) is 5.92 Å². The molecule has 1 aromatic carbocycles. The monoisotopic (exact) mass is 281 g/mol. The molecule has 2 unspecified atom stereocenters. The van der Waals surface area contributed by atoms with Crippen molar-refractivity contribution in [3.8, 4) is 5.75 Å². The number of likely N-dealkylation sites (N-methyl/N-ethyl adjacent to an activating group) is 1. The Morgan fingerprint density at radius 2 is 2.00 bits per heavy atom. The third-order valence-electron chi connectivity index (χ3n) is 3.75. The van der Waals surface area contributed by atoms with Gasteiger partial charge in [-0.3, -0.25) is 4.79 Å². The predicted molar refractivity (Wildman–Crippen MR) is 76.5 cm³/mol. The lowest BCUT2D eigenvalue weighted by Gasteiger charge is -2.28. The number of carbonyl (C=O) groups excluding carboxylic acids is 1. The van der Waals surface area contributed by atoms with Crippen molar-refractivity contribution in [2.24, 2.45) is 5.92 Å². The lowest BCUT2D eigenvalue weighted by atomic mass is 10.2. The molecule has 0 aromatic heterocycles. The van der Waals surface area contributed by atoms with Gasteiger partial charge in [0.15, 0.2) is 6.10 Å². The number of benzene rings is 1. The minimum absolute atomic E-state index is 0.000630. The SMILES string of the molecule is CC(Oc1ccccc1Cl)C(=O)N(C)C(C)C1CC1. The lowest BCUT2D eigenvalue weighted by Crippen LogP contribution is -2.43.